The summed E-state index contributed by atoms with van der Waals surface area (Å²) in [5.74, 6) is 1.25. The van der Waals surface area contributed by atoms with Crippen molar-refractivity contribution in [1.29, 1.82) is 0 Å². The number of carbonyl (C=O) groups excluding carboxylic acids is 1. The largest absolute Gasteiger partial charge is 0.493 e. The third-order valence-electron chi connectivity index (χ3n) is 3.79. The smallest absolute Gasteiger partial charge is 0.254 e. The molecule has 2 heterocycles. The Morgan fingerprint density at radius 2 is 2.11 bits per heavy atom. The molecule has 1 aromatic rings. The van der Waals surface area contributed by atoms with E-state index in [0.717, 1.165) is 6.42 Å². The first kappa shape index (κ1) is 12.3. The van der Waals surface area contributed by atoms with Crippen molar-refractivity contribution in [2.75, 3.05) is 27.4 Å². The molecule has 102 valence electrons. The minimum Gasteiger partial charge on any atom is -0.493 e. The lowest BCUT2D eigenvalue weighted by molar-refractivity contribution is 0.0259. The van der Waals surface area contributed by atoms with Crippen molar-refractivity contribution < 1.29 is 19.0 Å². The van der Waals surface area contributed by atoms with E-state index in [9.17, 15) is 4.79 Å². The Balaban J connectivity index is 1.84. The minimum atomic E-state index is 0.0387. The van der Waals surface area contributed by atoms with Gasteiger partial charge in [0.2, 0.25) is 0 Å². The van der Waals surface area contributed by atoms with Crippen molar-refractivity contribution in [2.45, 2.75) is 18.6 Å². The van der Waals surface area contributed by atoms with Gasteiger partial charge in [-0.3, -0.25) is 4.79 Å². The van der Waals surface area contributed by atoms with E-state index in [2.05, 4.69) is 0 Å². The Morgan fingerprint density at radius 3 is 2.68 bits per heavy atom. The summed E-state index contributed by atoms with van der Waals surface area (Å²) in [5.41, 5.74) is 0.630. The number of ether oxygens (including phenoxy) is 3. The van der Waals surface area contributed by atoms with Crippen LogP contribution < -0.4 is 9.47 Å². The van der Waals surface area contributed by atoms with E-state index >= 15 is 0 Å². The van der Waals surface area contributed by atoms with Gasteiger partial charge in [0.1, 0.15) is 0 Å². The molecule has 3 rings (SSSR count). The Kier molecular flexibility index (Phi) is 3.06. The monoisotopic (exact) mass is 263 g/mol. The van der Waals surface area contributed by atoms with E-state index in [0.29, 0.717) is 30.2 Å². The molecule has 0 radical (unpaired) electrons. The number of hydrogen-bond donors (Lipinski definition) is 0. The highest BCUT2D eigenvalue weighted by Gasteiger charge is 2.41. The first-order valence-corrected chi connectivity index (χ1v) is 6.37. The van der Waals surface area contributed by atoms with Crippen LogP contribution in [0.4, 0.5) is 0 Å². The highest BCUT2D eigenvalue weighted by Crippen LogP contribution is 2.32. The second kappa shape index (κ2) is 4.74. The molecule has 0 spiro atoms. The van der Waals surface area contributed by atoms with Gasteiger partial charge >= 0.3 is 0 Å². The molecule has 2 fully saturated rings. The molecular weight excluding hydrogens is 246 g/mol. The normalized spacial score (nSPS) is 24.6. The van der Waals surface area contributed by atoms with Crippen LogP contribution in [0.3, 0.4) is 0 Å². The van der Waals surface area contributed by atoms with Crippen LogP contribution in [0.5, 0.6) is 11.5 Å². The number of morpholine rings is 1. The summed E-state index contributed by atoms with van der Waals surface area (Å²) in [6.45, 7) is 1.35. The van der Waals surface area contributed by atoms with E-state index in [4.69, 9.17) is 14.2 Å². The summed E-state index contributed by atoms with van der Waals surface area (Å²) in [4.78, 5) is 14.4. The number of amides is 1. The number of methoxy groups -OCH3 is 2. The summed E-state index contributed by atoms with van der Waals surface area (Å²) in [5, 5.41) is 0. The summed E-state index contributed by atoms with van der Waals surface area (Å²) < 4.78 is 15.9. The molecular formula is C14H17NO4. The van der Waals surface area contributed by atoms with E-state index in [1.54, 1.807) is 32.4 Å². The second-order valence-corrected chi connectivity index (χ2v) is 4.87. The summed E-state index contributed by atoms with van der Waals surface area (Å²) in [6.07, 6.45) is 1.17. The van der Waals surface area contributed by atoms with Crippen LogP contribution in [0.2, 0.25) is 0 Å². The molecule has 19 heavy (non-hydrogen) atoms. The number of rotatable bonds is 3. The van der Waals surface area contributed by atoms with Crippen LogP contribution in [0, 0.1) is 0 Å². The van der Waals surface area contributed by atoms with Gasteiger partial charge in [0.05, 0.1) is 33.0 Å². The number of hydrogen-bond acceptors (Lipinski definition) is 4. The van der Waals surface area contributed by atoms with Gasteiger partial charge in [0, 0.05) is 12.1 Å². The highest BCUT2D eigenvalue weighted by atomic mass is 16.5. The van der Waals surface area contributed by atoms with Crippen LogP contribution in [-0.2, 0) is 4.74 Å². The maximum atomic E-state index is 12.5. The first-order valence-electron chi connectivity index (χ1n) is 6.37. The molecule has 2 atom stereocenters. The fraction of sp³-hybridized carbons (Fsp3) is 0.500. The molecule has 1 amide bonds. The molecule has 2 saturated heterocycles. The second-order valence-electron chi connectivity index (χ2n) is 4.87. The molecule has 2 aliphatic heterocycles. The van der Waals surface area contributed by atoms with Crippen molar-refractivity contribution in [3.63, 3.8) is 0 Å². The first-order chi connectivity index (χ1) is 9.22. The lowest BCUT2D eigenvalue weighted by atomic mass is 10.1. The molecule has 0 aromatic heterocycles. The van der Waals surface area contributed by atoms with Crippen LogP contribution in [0.25, 0.3) is 0 Å². The Morgan fingerprint density at radius 1 is 1.32 bits per heavy atom. The average molecular weight is 263 g/mol. The predicted octanol–water partition coefficient (Wildman–Crippen LogP) is 1.32. The van der Waals surface area contributed by atoms with Gasteiger partial charge in [-0.2, -0.15) is 0 Å². The minimum absolute atomic E-state index is 0.0387. The quantitative estimate of drug-likeness (QED) is 0.825. The third-order valence-corrected chi connectivity index (χ3v) is 3.79. The Hall–Kier alpha value is -1.75. The zero-order valence-corrected chi connectivity index (χ0v) is 11.1. The molecule has 2 unspecified atom stereocenters. The zero-order valence-electron chi connectivity index (χ0n) is 11.1. The summed E-state index contributed by atoms with van der Waals surface area (Å²) >= 11 is 0. The standard InChI is InChI=1S/C14H17NO4/c1-17-12-4-3-9(5-13(12)18-2)14(16)15-7-11-6-10(15)8-19-11/h3-5,10-11H,6-8H2,1-2H3. The third kappa shape index (κ3) is 2.04. The molecule has 2 aliphatic rings. The number of benzene rings is 1. The van der Waals surface area contributed by atoms with Gasteiger partial charge < -0.3 is 19.1 Å². The van der Waals surface area contributed by atoms with E-state index in [-0.39, 0.29) is 18.1 Å². The highest BCUT2D eigenvalue weighted by molar-refractivity contribution is 5.95. The van der Waals surface area contributed by atoms with Gasteiger partial charge in [0.15, 0.2) is 11.5 Å². The topological polar surface area (TPSA) is 48.0 Å². The van der Waals surface area contributed by atoms with Gasteiger partial charge in [-0.15, -0.1) is 0 Å². The maximum Gasteiger partial charge on any atom is 0.254 e. The van der Waals surface area contributed by atoms with Crippen LogP contribution >= 0.6 is 0 Å². The lowest BCUT2D eigenvalue weighted by Gasteiger charge is -2.27. The molecule has 0 saturated carbocycles. The van der Waals surface area contributed by atoms with E-state index in [1.165, 1.54) is 0 Å². The van der Waals surface area contributed by atoms with Gasteiger partial charge in [-0.1, -0.05) is 0 Å². The van der Waals surface area contributed by atoms with Crippen molar-refractivity contribution in [3.05, 3.63) is 23.8 Å². The number of fused-ring (bicyclic) bond motifs is 2. The zero-order chi connectivity index (χ0) is 13.4. The van der Waals surface area contributed by atoms with Gasteiger partial charge in [-0.05, 0) is 24.6 Å². The maximum absolute atomic E-state index is 12.5. The lowest BCUT2D eigenvalue weighted by Crippen LogP contribution is -2.41. The van der Waals surface area contributed by atoms with Crippen molar-refractivity contribution >= 4 is 5.91 Å². The van der Waals surface area contributed by atoms with Crippen molar-refractivity contribution in [2.24, 2.45) is 0 Å². The van der Waals surface area contributed by atoms with E-state index in [1.807, 2.05) is 4.90 Å². The number of likely N-dealkylation sites (tertiary alicyclic amines) is 1. The molecule has 5 heteroatoms. The number of nitrogens with zero attached hydrogens (tertiary/aromatic N) is 1. The summed E-state index contributed by atoms with van der Waals surface area (Å²) in [6, 6.07) is 5.49. The Labute approximate surface area is 112 Å². The molecule has 0 aliphatic carbocycles. The predicted molar refractivity (Wildman–Crippen MR) is 68.7 cm³/mol. The molecule has 0 N–H and O–H groups in total. The van der Waals surface area contributed by atoms with Gasteiger partial charge in [-0.25, -0.2) is 0 Å². The van der Waals surface area contributed by atoms with Crippen LogP contribution in [-0.4, -0.2) is 50.3 Å². The van der Waals surface area contributed by atoms with Crippen LogP contribution in [0.1, 0.15) is 16.8 Å². The summed E-state index contributed by atoms with van der Waals surface area (Å²) in [7, 11) is 3.15. The van der Waals surface area contributed by atoms with E-state index < -0.39 is 0 Å². The van der Waals surface area contributed by atoms with Crippen LogP contribution in [0.15, 0.2) is 18.2 Å². The van der Waals surface area contributed by atoms with Gasteiger partial charge in [0.25, 0.3) is 5.91 Å². The average Bonchev–Trinajstić information content (AvgIpc) is 3.08. The molecule has 5 nitrogen and oxygen atoms in total. The molecule has 2 bridgehead atoms. The van der Waals surface area contributed by atoms with Crippen molar-refractivity contribution in [1.82, 2.24) is 4.90 Å². The fourth-order valence-electron chi connectivity index (χ4n) is 2.78. The number of carbonyl (C=O) groups is 1. The Bertz CT molecular complexity index is 502. The SMILES string of the molecule is COc1ccc(C(=O)N2CC3CC2CO3)cc1OC. The fourth-order valence-corrected chi connectivity index (χ4v) is 2.78. The molecule has 1 aromatic carbocycles. The van der Waals surface area contributed by atoms with Crippen molar-refractivity contribution in [3.8, 4) is 11.5 Å².